The topological polar surface area (TPSA) is 38.9 Å². The molecule has 1 aliphatic carbocycles. The van der Waals surface area contributed by atoms with Crippen molar-refractivity contribution >= 4 is 34.7 Å². The highest BCUT2D eigenvalue weighted by Gasteiger charge is 2.23. The van der Waals surface area contributed by atoms with Crippen LogP contribution in [0.1, 0.15) is 34.3 Å². The second-order valence-electron chi connectivity index (χ2n) is 4.99. The molecular formula is C15H17ClN2S2. The fourth-order valence-corrected chi connectivity index (χ4v) is 4.95. The van der Waals surface area contributed by atoms with Gasteiger partial charge in [-0.2, -0.15) is 0 Å². The summed E-state index contributed by atoms with van der Waals surface area (Å²) in [4.78, 5) is 7.47. The molecule has 0 fully saturated rings. The number of hydrogen-bond donors (Lipinski definition) is 1. The zero-order valence-electron chi connectivity index (χ0n) is 11.1. The van der Waals surface area contributed by atoms with Crippen LogP contribution in [0.4, 0.5) is 0 Å². The molecule has 0 bridgehead atoms. The number of nitrogens with zero attached hydrogens (tertiary/aromatic N) is 1. The highest BCUT2D eigenvalue weighted by atomic mass is 35.5. The summed E-state index contributed by atoms with van der Waals surface area (Å²) in [7, 11) is 0. The predicted molar refractivity (Wildman–Crippen MR) is 87.9 cm³/mol. The summed E-state index contributed by atoms with van der Waals surface area (Å²) < 4.78 is 0. The smallest absolute Gasteiger partial charge is 0.103 e. The molecule has 0 saturated carbocycles. The zero-order chi connectivity index (χ0) is 13.9. The molecule has 0 radical (unpaired) electrons. The van der Waals surface area contributed by atoms with Gasteiger partial charge in [0.2, 0.25) is 0 Å². The second-order valence-corrected chi connectivity index (χ2v) is 7.64. The Bertz CT molecular complexity index is 597. The van der Waals surface area contributed by atoms with E-state index in [0.29, 0.717) is 5.92 Å². The Kier molecular flexibility index (Phi) is 4.66. The Balaban J connectivity index is 1.71. The number of aromatic nitrogens is 1. The van der Waals surface area contributed by atoms with Crippen molar-refractivity contribution in [1.82, 2.24) is 4.98 Å². The average molecular weight is 325 g/mol. The van der Waals surface area contributed by atoms with Crippen LogP contribution in [0.25, 0.3) is 0 Å². The van der Waals surface area contributed by atoms with Crippen LogP contribution in [0.3, 0.4) is 0 Å². The minimum absolute atomic E-state index is 0.472. The summed E-state index contributed by atoms with van der Waals surface area (Å²) in [6.45, 7) is 0.720. The quantitative estimate of drug-likeness (QED) is 0.843. The van der Waals surface area contributed by atoms with Crippen molar-refractivity contribution in [3.63, 3.8) is 0 Å². The fraction of sp³-hybridized carbons (Fsp3) is 0.400. The van der Waals surface area contributed by atoms with Crippen LogP contribution >= 0.6 is 34.7 Å². The molecule has 20 heavy (non-hydrogen) atoms. The average Bonchev–Trinajstić information content (AvgIpc) is 2.88. The van der Waals surface area contributed by atoms with E-state index in [9.17, 15) is 0 Å². The van der Waals surface area contributed by atoms with Gasteiger partial charge in [0.25, 0.3) is 0 Å². The molecule has 2 aromatic rings. The van der Waals surface area contributed by atoms with Gasteiger partial charge in [-0.25, -0.2) is 4.98 Å². The van der Waals surface area contributed by atoms with Gasteiger partial charge in [-0.15, -0.1) is 23.1 Å². The molecule has 106 valence electrons. The van der Waals surface area contributed by atoms with Gasteiger partial charge in [0.1, 0.15) is 5.01 Å². The Morgan fingerprint density at radius 2 is 2.35 bits per heavy atom. The first-order valence-corrected chi connectivity index (χ1v) is 9.01. The summed E-state index contributed by atoms with van der Waals surface area (Å²) >= 11 is 9.66. The zero-order valence-corrected chi connectivity index (χ0v) is 13.5. The first-order chi connectivity index (χ1) is 9.76. The molecule has 1 aromatic carbocycles. The van der Waals surface area contributed by atoms with Crippen LogP contribution in [0, 0.1) is 0 Å². The Morgan fingerprint density at radius 3 is 3.15 bits per heavy atom. The molecule has 3 rings (SSSR count). The van der Waals surface area contributed by atoms with Crippen molar-refractivity contribution in [2.45, 2.75) is 35.8 Å². The first-order valence-electron chi connectivity index (χ1n) is 6.83. The normalized spacial score (nSPS) is 18.0. The molecule has 1 unspecified atom stereocenters. The lowest BCUT2D eigenvalue weighted by Gasteiger charge is -2.18. The maximum Gasteiger partial charge on any atom is 0.103 e. The van der Waals surface area contributed by atoms with Crippen molar-refractivity contribution in [1.29, 1.82) is 0 Å². The minimum atomic E-state index is 0.472. The molecule has 5 heteroatoms. The highest BCUT2D eigenvalue weighted by Crippen LogP contribution is 2.36. The SMILES string of the molecule is NCC1CCCc2sc(CSc3cccc(Cl)c3)nc21. The number of fused-ring (bicyclic) bond motifs is 1. The number of benzene rings is 1. The van der Waals surface area contributed by atoms with Crippen LogP contribution in [0.2, 0.25) is 5.02 Å². The van der Waals surface area contributed by atoms with Gasteiger partial charge >= 0.3 is 0 Å². The van der Waals surface area contributed by atoms with E-state index >= 15 is 0 Å². The Hall–Kier alpha value is -0.550. The summed E-state index contributed by atoms with van der Waals surface area (Å²) in [6, 6.07) is 7.98. The van der Waals surface area contributed by atoms with Crippen molar-refractivity contribution in [2.75, 3.05) is 6.54 Å². The van der Waals surface area contributed by atoms with Gasteiger partial charge in [-0.3, -0.25) is 0 Å². The van der Waals surface area contributed by atoms with Gasteiger partial charge in [0.15, 0.2) is 0 Å². The van der Waals surface area contributed by atoms with Gasteiger partial charge in [-0.1, -0.05) is 17.7 Å². The minimum Gasteiger partial charge on any atom is -0.330 e. The van der Waals surface area contributed by atoms with E-state index in [-0.39, 0.29) is 0 Å². The summed E-state index contributed by atoms with van der Waals surface area (Å²) in [5.41, 5.74) is 7.12. The number of nitrogens with two attached hydrogens (primary N) is 1. The van der Waals surface area contributed by atoms with Crippen LogP contribution < -0.4 is 5.73 Å². The van der Waals surface area contributed by atoms with Gasteiger partial charge in [-0.05, 0) is 37.5 Å². The molecule has 0 spiro atoms. The summed E-state index contributed by atoms with van der Waals surface area (Å²) in [5, 5.41) is 2.00. The van der Waals surface area contributed by atoms with Crippen molar-refractivity contribution < 1.29 is 0 Å². The molecule has 0 saturated heterocycles. The number of halogens is 1. The number of thioether (sulfide) groups is 1. The van der Waals surface area contributed by atoms with Crippen molar-refractivity contribution in [2.24, 2.45) is 5.73 Å². The number of rotatable bonds is 4. The first kappa shape index (κ1) is 14.4. The van der Waals surface area contributed by atoms with Crippen LogP contribution in [-0.2, 0) is 12.2 Å². The largest absolute Gasteiger partial charge is 0.330 e. The molecule has 0 aliphatic heterocycles. The van der Waals surface area contributed by atoms with E-state index in [4.69, 9.17) is 22.3 Å². The third-order valence-electron chi connectivity index (χ3n) is 3.56. The molecule has 0 amide bonds. The highest BCUT2D eigenvalue weighted by molar-refractivity contribution is 7.98. The third kappa shape index (κ3) is 3.19. The van der Waals surface area contributed by atoms with E-state index in [2.05, 4.69) is 6.07 Å². The Morgan fingerprint density at radius 1 is 1.45 bits per heavy atom. The van der Waals surface area contributed by atoms with Gasteiger partial charge in [0.05, 0.1) is 11.4 Å². The van der Waals surface area contributed by atoms with Crippen LogP contribution in [0.15, 0.2) is 29.2 Å². The van der Waals surface area contributed by atoms with E-state index in [1.807, 2.05) is 29.5 Å². The summed E-state index contributed by atoms with van der Waals surface area (Å²) in [6.07, 6.45) is 3.61. The van der Waals surface area contributed by atoms with Gasteiger partial charge in [0, 0.05) is 27.3 Å². The maximum atomic E-state index is 6.01. The molecule has 2 N–H and O–H groups in total. The predicted octanol–water partition coefficient (Wildman–Crippen LogP) is 4.47. The molecule has 1 atom stereocenters. The lowest BCUT2D eigenvalue weighted by atomic mass is 9.91. The Labute approximate surface area is 132 Å². The molecule has 1 aromatic heterocycles. The second kappa shape index (κ2) is 6.48. The molecule has 1 aliphatic rings. The summed E-state index contributed by atoms with van der Waals surface area (Å²) in [5.74, 6) is 1.38. The van der Waals surface area contributed by atoms with Crippen LogP contribution in [0.5, 0.6) is 0 Å². The maximum absolute atomic E-state index is 6.01. The molecule has 1 heterocycles. The number of thiazole rings is 1. The van der Waals surface area contributed by atoms with Crippen molar-refractivity contribution in [3.8, 4) is 0 Å². The third-order valence-corrected chi connectivity index (χ3v) is 6.11. The van der Waals surface area contributed by atoms with Crippen LogP contribution in [-0.4, -0.2) is 11.5 Å². The van der Waals surface area contributed by atoms with E-state index in [1.54, 1.807) is 11.8 Å². The van der Waals surface area contributed by atoms with E-state index in [0.717, 1.165) is 17.3 Å². The number of hydrogen-bond acceptors (Lipinski definition) is 4. The molecular weight excluding hydrogens is 308 g/mol. The monoisotopic (exact) mass is 324 g/mol. The lowest BCUT2D eigenvalue weighted by molar-refractivity contribution is 0.553. The molecule has 2 nitrogen and oxygen atoms in total. The van der Waals surface area contributed by atoms with Gasteiger partial charge < -0.3 is 5.73 Å². The van der Waals surface area contributed by atoms with E-state index < -0.39 is 0 Å². The number of aryl methyl sites for hydroxylation is 1. The standard InChI is InChI=1S/C15H17ClN2S2/c16-11-4-2-5-12(7-11)19-9-14-18-15-10(8-17)3-1-6-13(15)20-14/h2,4-5,7,10H,1,3,6,8-9,17H2. The van der Waals surface area contributed by atoms with Crippen molar-refractivity contribution in [3.05, 3.63) is 44.9 Å². The van der Waals surface area contributed by atoms with E-state index in [1.165, 1.54) is 39.7 Å². The lowest BCUT2D eigenvalue weighted by Crippen LogP contribution is -2.17. The fourth-order valence-electron chi connectivity index (χ4n) is 2.55.